The molecule has 2 N–H and O–H groups in total. The van der Waals surface area contributed by atoms with Gasteiger partial charge in [0.15, 0.2) is 0 Å². The van der Waals surface area contributed by atoms with Crippen molar-refractivity contribution in [2.45, 2.75) is 19.3 Å². The van der Waals surface area contributed by atoms with E-state index < -0.39 is 0 Å². The number of halogens is 2. The van der Waals surface area contributed by atoms with Crippen LogP contribution in [0.2, 0.25) is 10.0 Å². The van der Waals surface area contributed by atoms with Crippen molar-refractivity contribution < 1.29 is 9.90 Å². The van der Waals surface area contributed by atoms with E-state index in [1.807, 2.05) is 12.1 Å². The van der Waals surface area contributed by atoms with Crippen LogP contribution in [0.5, 0.6) is 5.75 Å². The third kappa shape index (κ3) is 5.93. The molecule has 1 amide bonds. The Bertz CT molecular complexity index is 700. The first-order valence-electron chi connectivity index (χ1n) is 7.09. The molecule has 0 radical (unpaired) electrons. The summed E-state index contributed by atoms with van der Waals surface area (Å²) in [5.74, 6) is 0.0757. The Hall–Kier alpha value is -2.04. The second-order valence-electron chi connectivity index (χ2n) is 4.98. The van der Waals surface area contributed by atoms with Gasteiger partial charge in [-0.3, -0.25) is 4.79 Å². The average molecular weight is 351 g/mol. The van der Waals surface area contributed by atoms with Gasteiger partial charge in [0, 0.05) is 17.0 Å². The molecule has 4 nitrogen and oxygen atoms in total. The minimum absolute atomic E-state index is 0.162. The van der Waals surface area contributed by atoms with Crippen LogP contribution in [0.1, 0.15) is 24.0 Å². The Labute approximate surface area is 144 Å². The predicted octanol–water partition coefficient (Wildman–Crippen LogP) is 4.17. The smallest absolute Gasteiger partial charge is 0.240 e. The molecule has 23 heavy (non-hydrogen) atoms. The van der Waals surface area contributed by atoms with Gasteiger partial charge >= 0.3 is 0 Å². The van der Waals surface area contributed by atoms with Crippen LogP contribution in [-0.4, -0.2) is 17.2 Å². The molecule has 0 saturated carbocycles. The molecule has 0 spiro atoms. The summed E-state index contributed by atoms with van der Waals surface area (Å²) in [6, 6.07) is 12.0. The third-order valence-corrected chi connectivity index (χ3v) is 3.72. The number of aromatic hydroxyl groups is 1. The summed E-state index contributed by atoms with van der Waals surface area (Å²) in [6.07, 6.45) is 3.32. The first-order valence-corrected chi connectivity index (χ1v) is 7.85. The molecule has 0 saturated heterocycles. The van der Waals surface area contributed by atoms with Gasteiger partial charge in [-0.1, -0.05) is 41.4 Å². The van der Waals surface area contributed by atoms with Gasteiger partial charge in [-0.25, -0.2) is 5.43 Å². The van der Waals surface area contributed by atoms with Gasteiger partial charge < -0.3 is 5.11 Å². The van der Waals surface area contributed by atoms with Crippen molar-refractivity contribution in [2.75, 3.05) is 0 Å². The molecule has 0 fully saturated rings. The fraction of sp³-hybridized carbons (Fsp3) is 0.176. The van der Waals surface area contributed by atoms with Gasteiger partial charge in [0.1, 0.15) is 5.75 Å². The lowest BCUT2D eigenvalue weighted by atomic mass is 10.1. The van der Waals surface area contributed by atoms with Gasteiger partial charge in [0.2, 0.25) is 5.91 Å². The number of nitrogens with one attached hydrogen (secondary N) is 1. The molecule has 2 aromatic carbocycles. The van der Waals surface area contributed by atoms with Gasteiger partial charge in [-0.15, -0.1) is 0 Å². The van der Waals surface area contributed by atoms with Gasteiger partial charge in [-0.2, -0.15) is 5.10 Å². The summed E-state index contributed by atoms with van der Waals surface area (Å²) in [5, 5.41) is 14.1. The van der Waals surface area contributed by atoms with Crippen molar-refractivity contribution in [3.05, 3.63) is 63.6 Å². The number of amides is 1. The van der Waals surface area contributed by atoms with Crippen LogP contribution in [0.25, 0.3) is 0 Å². The van der Waals surface area contributed by atoms with Crippen LogP contribution in [0.15, 0.2) is 47.6 Å². The SMILES string of the molecule is O=C(CCCc1ccc(O)cc1)N/N=C/c1ccc(Cl)cc1Cl. The third-order valence-electron chi connectivity index (χ3n) is 3.16. The number of carbonyl (C=O) groups excluding carboxylic acids is 1. The molecule has 2 aromatic rings. The Kier molecular flexibility index (Phi) is 6.44. The maximum Gasteiger partial charge on any atom is 0.240 e. The minimum atomic E-state index is -0.162. The lowest BCUT2D eigenvalue weighted by molar-refractivity contribution is -0.121. The highest BCUT2D eigenvalue weighted by atomic mass is 35.5. The Balaban J connectivity index is 1.74. The average Bonchev–Trinajstić information content (AvgIpc) is 2.51. The maximum absolute atomic E-state index is 11.7. The Morgan fingerprint density at radius 1 is 1.17 bits per heavy atom. The summed E-state index contributed by atoms with van der Waals surface area (Å²) in [5.41, 5.74) is 4.22. The van der Waals surface area contributed by atoms with E-state index in [0.29, 0.717) is 28.5 Å². The maximum atomic E-state index is 11.7. The highest BCUT2D eigenvalue weighted by molar-refractivity contribution is 6.36. The van der Waals surface area contributed by atoms with Crippen molar-refractivity contribution in [3.63, 3.8) is 0 Å². The molecule has 2 rings (SSSR count). The van der Waals surface area contributed by atoms with Crippen LogP contribution in [0, 0.1) is 0 Å². The van der Waals surface area contributed by atoms with Crippen molar-refractivity contribution >= 4 is 35.3 Å². The molecule has 0 aromatic heterocycles. The van der Waals surface area contributed by atoms with Crippen molar-refractivity contribution in [1.29, 1.82) is 0 Å². The van der Waals surface area contributed by atoms with Crippen LogP contribution in [0.4, 0.5) is 0 Å². The molecule has 0 aliphatic carbocycles. The molecule has 0 aliphatic heterocycles. The largest absolute Gasteiger partial charge is 0.508 e. The van der Waals surface area contributed by atoms with Gasteiger partial charge in [-0.05, 0) is 42.7 Å². The molecule has 6 heteroatoms. The van der Waals surface area contributed by atoms with E-state index in [1.165, 1.54) is 6.21 Å². The van der Waals surface area contributed by atoms with Crippen LogP contribution in [-0.2, 0) is 11.2 Å². The number of benzene rings is 2. The molecule has 0 unspecified atom stereocenters. The number of aryl methyl sites for hydroxylation is 1. The predicted molar refractivity (Wildman–Crippen MR) is 93.2 cm³/mol. The van der Waals surface area contributed by atoms with Crippen LogP contribution < -0.4 is 5.43 Å². The Morgan fingerprint density at radius 2 is 1.91 bits per heavy atom. The van der Waals surface area contributed by atoms with E-state index in [9.17, 15) is 9.90 Å². The molecule has 0 atom stereocenters. The second kappa shape index (κ2) is 8.56. The number of phenolic OH excluding ortho intramolecular Hbond substituents is 1. The molecule has 0 heterocycles. The monoisotopic (exact) mass is 350 g/mol. The highest BCUT2D eigenvalue weighted by Crippen LogP contribution is 2.19. The van der Waals surface area contributed by atoms with E-state index in [-0.39, 0.29) is 11.7 Å². The van der Waals surface area contributed by atoms with Crippen LogP contribution >= 0.6 is 23.2 Å². The number of hydrazone groups is 1. The van der Waals surface area contributed by atoms with E-state index in [2.05, 4.69) is 10.5 Å². The van der Waals surface area contributed by atoms with Gasteiger partial charge in [0.25, 0.3) is 0 Å². The van der Waals surface area contributed by atoms with Crippen molar-refractivity contribution in [1.82, 2.24) is 5.43 Å². The normalized spacial score (nSPS) is 10.9. The standard InChI is InChI=1S/C17H16Cl2N2O2/c18-14-7-6-13(16(19)10-14)11-20-21-17(23)3-1-2-12-4-8-15(22)9-5-12/h4-11,22H,1-3H2,(H,21,23)/b20-11+. The topological polar surface area (TPSA) is 61.7 Å². The zero-order chi connectivity index (χ0) is 16.7. The van der Waals surface area contributed by atoms with E-state index in [0.717, 1.165) is 12.0 Å². The zero-order valence-electron chi connectivity index (χ0n) is 12.3. The highest BCUT2D eigenvalue weighted by Gasteiger charge is 2.02. The molecular weight excluding hydrogens is 335 g/mol. The number of rotatable bonds is 6. The van der Waals surface area contributed by atoms with E-state index in [4.69, 9.17) is 23.2 Å². The fourth-order valence-electron chi connectivity index (χ4n) is 1.95. The first-order chi connectivity index (χ1) is 11.0. The second-order valence-corrected chi connectivity index (χ2v) is 5.82. The molecule has 120 valence electrons. The van der Waals surface area contributed by atoms with E-state index >= 15 is 0 Å². The summed E-state index contributed by atoms with van der Waals surface area (Å²) in [4.78, 5) is 11.7. The summed E-state index contributed by atoms with van der Waals surface area (Å²) in [7, 11) is 0. The molecule has 0 aliphatic rings. The lowest BCUT2D eigenvalue weighted by Gasteiger charge is -2.02. The number of hydrogen-bond donors (Lipinski definition) is 2. The van der Waals surface area contributed by atoms with Gasteiger partial charge in [0.05, 0.1) is 11.2 Å². The zero-order valence-corrected chi connectivity index (χ0v) is 13.8. The summed E-state index contributed by atoms with van der Waals surface area (Å²) >= 11 is 11.8. The number of nitrogens with zero attached hydrogens (tertiary/aromatic N) is 1. The summed E-state index contributed by atoms with van der Waals surface area (Å²) in [6.45, 7) is 0. The first kappa shape index (κ1) is 17.3. The van der Waals surface area contributed by atoms with E-state index in [1.54, 1.807) is 30.3 Å². The molecule has 0 bridgehead atoms. The quantitative estimate of drug-likeness (QED) is 0.606. The molecular formula is C17H16Cl2N2O2. The van der Waals surface area contributed by atoms with Crippen molar-refractivity contribution in [2.24, 2.45) is 5.10 Å². The van der Waals surface area contributed by atoms with Crippen molar-refractivity contribution in [3.8, 4) is 5.75 Å². The Morgan fingerprint density at radius 3 is 2.61 bits per heavy atom. The van der Waals surface area contributed by atoms with Crippen LogP contribution in [0.3, 0.4) is 0 Å². The number of phenols is 1. The fourth-order valence-corrected chi connectivity index (χ4v) is 2.41. The summed E-state index contributed by atoms with van der Waals surface area (Å²) < 4.78 is 0. The lowest BCUT2D eigenvalue weighted by Crippen LogP contribution is -2.17. The number of carbonyl (C=O) groups is 1. The number of hydrogen-bond acceptors (Lipinski definition) is 3. The minimum Gasteiger partial charge on any atom is -0.508 e.